The van der Waals surface area contributed by atoms with Gasteiger partial charge in [0.1, 0.15) is 0 Å². The molecule has 0 N–H and O–H groups in total. The second-order valence-corrected chi connectivity index (χ2v) is 3.87. The van der Waals surface area contributed by atoms with Gasteiger partial charge in [0, 0.05) is 18.6 Å². The Hall–Kier alpha value is -2.29. The van der Waals surface area contributed by atoms with Gasteiger partial charge in [-0.1, -0.05) is 12.1 Å². The van der Waals surface area contributed by atoms with Crippen molar-refractivity contribution in [3.05, 3.63) is 55.0 Å². The predicted molar refractivity (Wildman–Crippen MR) is 63.7 cm³/mol. The molecule has 0 fully saturated rings. The third kappa shape index (κ3) is 0.810. The van der Waals surface area contributed by atoms with Gasteiger partial charge < -0.3 is 4.40 Å². The minimum atomic E-state index is 1.00. The van der Waals surface area contributed by atoms with E-state index in [1.165, 1.54) is 11.0 Å². The van der Waals surface area contributed by atoms with E-state index in [1.807, 2.05) is 12.4 Å². The monoisotopic (exact) mass is 207 g/mol. The number of nitrogens with zero attached hydrogens (tertiary/aromatic N) is 3. The van der Waals surface area contributed by atoms with Crippen molar-refractivity contribution in [2.45, 2.75) is 0 Å². The summed E-state index contributed by atoms with van der Waals surface area (Å²) in [4.78, 5) is 4.41. The van der Waals surface area contributed by atoms with E-state index in [4.69, 9.17) is 0 Å². The summed E-state index contributed by atoms with van der Waals surface area (Å²) in [5, 5.41) is 0. The van der Waals surface area contributed by atoms with Gasteiger partial charge in [-0.05, 0) is 24.3 Å². The van der Waals surface area contributed by atoms with E-state index < -0.39 is 0 Å². The number of fused-ring (bicyclic) bond motifs is 6. The fraction of sp³-hybridized carbons (Fsp3) is 0. The van der Waals surface area contributed by atoms with Crippen molar-refractivity contribution in [1.29, 1.82) is 0 Å². The van der Waals surface area contributed by atoms with Crippen molar-refractivity contribution in [2.75, 3.05) is 0 Å². The normalized spacial score (nSPS) is 11.8. The highest BCUT2D eigenvalue weighted by Gasteiger charge is 2.06. The van der Waals surface area contributed by atoms with Crippen LogP contribution in [0.15, 0.2) is 55.0 Å². The third-order valence-corrected chi connectivity index (χ3v) is 3.02. The van der Waals surface area contributed by atoms with Crippen LogP contribution in [0.25, 0.3) is 22.2 Å². The second kappa shape index (κ2) is 2.64. The summed E-state index contributed by atoms with van der Waals surface area (Å²) in [6, 6.07) is 12.5. The van der Waals surface area contributed by atoms with E-state index >= 15 is 0 Å². The van der Waals surface area contributed by atoms with Gasteiger partial charge >= 0.3 is 0 Å². The second-order valence-electron chi connectivity index (χ2n) is 3.87. The highest BCUT2D eigenvalue weighted by Crippen LogP contribution is 2.21. The number of aromatic nitrogens is 3. The highest BCUT2D eigenvalue weighted by atomic mass is 15.0. The molecular weight excluding hydrogens is 198 g/mol. The van der Waals surface area contributed by atoms with E-state index in [2.05, 4.69) is 56.4 Å². The van der Waals surface area contributed by atoms with E-state index in [0.29, 0.717) is 0 Å². The third-order valence-electron chi connectivity index (χ3n) is 3.02. The lowest BCUT2D eigenvalue weighted by molar-refractivity contribution is 1.18. The molecule has 4 rings (SSSR count). The molecule has 0 aliphatic rings. The molecule has 3 heterocycles. The lowest BCUT2D eigenvalue weighted by atomic mass is 10.3. The summed E-state index contributed by atoms with van der Waals surface area (Å²) in [5.74, 6) is 0. The van der Waals surface area contributed by atoms with Crippen LogP contribution in [0.4, 0.5) is 0 Å². The lowest BCUT2D eigenvalue weighted by Crippen LogP contribution is -1.94. The van der Waals surface area contributed by atoms with Gasteiger partial charge in [0.25, 0.3) is 0 Å². The number of hydrogen-bond donors (Lipinski definition) is 0. The van der Waals surface area contributed by atoms with Crippen LogP contribution in [0.3, 0.4) is 0 Å². The SMILES string of the molecule is c1ccc2c(c1)n1cccc1c1nccn21. The molecule has 0 amide bonds. The molecule has 4 aromatic rings. The van der Waals surface area contributed by atoms with Gasteiger partial charge in [-0.25, -0.2) is 4.98 Å². The van der Waals surface area contributed by atoms with Crippen molar-refractivity contribution in [3.8, 4) is 0 Å². The Bertz CT molecular complexity index is 739. The summed E-state index contributed by atoms with van der Waals surface area (Å²) in [6.45, 7) is 0. The largest absolute Gasteiger partial charge is 0.312 e. The maximum Gasteiger partial charge on any atom is 0.161 e. The molecule has 1 aromatic carbocycles. The van der Waals surface area contributed by atoms with Crippen molar-refractivity contribution in [1.82, 2.24) is 13.8 Å². The molecule has 3 aromatic heterocycles. The quantitative estimate of drug-likeness (QED) is 0.434. The first-order valence-corrected chi connectivity index (χ1v) is 5.26. The standard InChI is InChI=1S/C13H9N3/c1-2-5-11-10(4-1)15-8-3-6-12(15)13-14-7-9-16(11)13/h1-9H. The zero-order valence-corrected chi connectivity index (χ0v) is 8.54. The summed E-state index contributed by atoms with van der Waals surface area (Å²) < 4.78 is 4.31. The van der Waals surface area contributed by atoms with Gasteiger partial charge in [0.15, 0.2) is 5.65 Å². The Morgan fingerprint density at radius 2 is 1.50 bits per heavy atom. The maximum absolute atomic E-state index is 4.41. The summed E-state index contributed by atoms with van der Waals surface area (Å²) in [7, 11) is 0. The Kier molecular flexibility index (Phi) is 1.31. The van der Waals surface area contributed by atoms with Crippen LogP contribution < -0.4 is 0 Å². The number of benzene rings is 1. The molecule has 0 bridgehead atoms. The molecule has 0 atom stereocenters. The van der Waals surface area contributed by atoms with Gasteiger partial charge in [-0.2, -0.15) is 0 Å². The van der Waals surface area contributed by atoms with Crippen LogP contribution in [0, 0.1) is 0 Å². The van der Waals surface area contributed by atoms with E-state index in [1.54, 1.807) is 0 Å². The average molecular weight is 207 g/mol. The first-order chi connectivity index (χ1) is 7.95. The van der Waals surface area contributed by atoms with Crippen LogP contribution in [0.1, 0.15) is 0 Å². The van der Waals surface area contributed by atoms with Crippen molar-refractivity contribution in [2.24, 2.45) is 0 Å². The summed E-state index contributed by atoms with van der Waals surface area (Å²) in [6.07, 6.45) is 5.92. The Labute approximate surface area is 91.6 Å². The molecule has 3 heteroatoms. The Balaban J connectivity index is 2.51. The van der Waals surface area contributed by atoms with Crippen molar-refractivity contribution < 1.29 is 0 Å². The summed E-state index contributed by atoms with van der Waals surface area (Å²) >= 11 is 0. The van der Waals surface area contributed by atoms with Crippen LogP contribution in [0.2, 0.25) is 0 Å². The zero-order valence-electron chi connectivity index (χ0n) is 8.54. The van der Waals surface area contributed by atoms with E-state index in [0.717, 1.165) is 11.2 Å². The first-order valence-electron chi connectivity index (χ1n) is 5.26. The van der Waals surface area contributed by atoms with Crippen LogP contribution in [0.5, 0.6) is 0 Å². The number of rotatable bonds is 0. The number of imidazole rings is 1. The average Bonchev–Trinajstić information content (AvgIpc) is 2.98. The topological polar surface area (TPSA) is 21.7 Å². The highest BCUT2D eigenvalue weighted by molar-refractivity contribution is 5.87. The minimum Gasteiger partial charge on any atom is -0.312 e. The fourth-order valence-corrected chi connectivity index (χ4v) is 2.33. The fourth-order valence-electron chi connectivity index (χ4n) is 2.33. The summed E-state index contributed by atoms with van der Waals surface area (Å²) in [5.41, 5.74) is 4.53. The molecule has 76 valence electrons. The molecule has 16 heavy (non-hydrogen) atoms. The van der Waals surface area contributed by atoms with Gasteiger partial charge in [0.05, 0.1) is 16.6 Å². The first kappa shape index (κ1) is 7.93. The van der Waals surface area contributed by atoms with Crippen LogP contribution >= 0.6 is 0 Å². The van der Waals surface area contributed by atoms with E-state index in [-0.39, 0.29) is 0 Å². The van der Waals surface area contributed by atoms with Crippen LogP contribution in [-0.2, 0) is 0 Å². The maximum atomic E-state index is 4.41. The molecular formula is C13H9N3. The molecule has 0 saturated carbocycles. The smallest absolute Gasteiger partial charge is 0.161 e. The predicted octanol–water partition coefficient (Wildman–Crippen LogP) is 2.74. The molecule has 3 nitrogen and oxygen atoms in total. The van der Waals surface area contributed by atoms with E-state index in [9.17, 15) is 0 Å². The van der Waals surface area contributed by atoms with Gasteiger partial charge in [-0.15, -0.1) is 0 Å². The van der Waals surface area contributed by atoms with Crippen molar-refractivity contribution >= 4 is 22.2 Å². The lowest BCUT2D eigenvalue weighted by Gasteiger charge is -2.06. The van der Waals surface area contributed by atoms with Gasteiger partial charge in [0.2, 0.25) is 0 Å². The number of hydrogen-bond acceptors (Lipinski definition) is 1. The molecule has 0 saturated heterocycles. The minimum absolute atomic E-state index is 1.00. The number of para-hydroxylation sites is 2. The van der Waals surface area contributed by atoms with Gasteiger partial charge in [-0.3, -0.25) is 4.40 Å². The molecule has 0 aliphatic carbocycles. The molecule has 0 aliphatic heterocycles. The Morgan fingerprint density at radius 3 is 2.38 bits per heavy atom. The van der Waals surface area contributed by atoms with Crippen molar-refractivity contribution in [3.63, 3.8) is 0 Å². The van der Waals surface area contributed by atoms with Crippen LogP contribution in [-0.4, -0.2) is 13.8 Å². The Morgan fingerprint density at radius 1 is 0.750 bits per heavy atom. The molecule has 0 unspecified atom stereocenters. The molecule has 0 spiro atoms. The zero-order chi connectivity index (χ0) is 10.5. The molecule has 0 radical (unpaired) electrons.